The molecule has 32 heavy (non-hydrogen) atoms. The molecular formula is C24H31NO5S2. The van der Waals surface area contributed by atoms with Crippen LogP contribution in [-0.2, 0) is 30.3 Å². The van der Waals surface area contributed by atoms with Gasteiger partial charge < -0.3 is 14.8 Å². The summed E-state index contributed by atoms with van der Waals surface area (Å²) in [7, 11) is 1.29. The molecule has 1 N–H and O–H groups in total. The second-order valence-corrected chi connectivity index (χ2v) is 11.9. The Balaban J connectivity index is 1.29. The first-order valence-electron chi connectivity index (χ1n) is 11.4. The van der Waals surface area contributed by atoms with Gasteiger partial charge in [0.2, 0.25) is 0 Å². The lowest BCUT2D eigenvalue weighted by molar-refractivity contribution is -0.155. The molecule has 1 aromatic carbocycles. The number of hydrogen-bond donors (Lipinski definition) is 1. The summed E-state index contributed by atoms with van der Waals surface area (Å²) in [5, 5.41) is 2.66. The molecule has 2 bridgehead atoms. The maximum absolute atomic E-state index is 12.8. The average Bonchev–Trinajstić information content (AvgIpc) is 3.26. The van der Waals surface area contributed by atoms with Crippen LogP contribution in [0.1, 0.15) is 37.7 Å². The number of nitrogens with one attached hydrogen (secondary N) is 1. The van der Waals surface area contributed by atoms with Crippen LogP contribution in [-0.4, -0.2) is 53.2 Å². The average molecular weight is 478 g/mol. The first-order valence-corrected chi connectivity index (χ1v) is 13.3. The normalized spacial score (nSPS) is 26.8. The first kappa shape index (κ1) is 23.5. The number of carbonyl (C=O) groups is 3. The van der Waals surface area contributed by atoms with Gasteiger partial charge in [-0.15, -0.1) is 23.5 Å². The first-order chi connectivity index (χ1) is 15.5. The van der Waals surface area contributed by atoms with Gasteiger partial charge in [-0.25, -0.2) is 4.79 Å². The van der Waals surface area contributed by atoms with E-state index in [1.165, 1.54) is 37.9 Å². The highest BCUT2D eigenvalue weighted by Gasteiger charge is 2.55. The van der Waals surface area contributed by atoms with E-state index in [0.717, 1.165) is 18.4 Å². The smallest absolute Gasteiger partial charge is 0.328 e. The van der Waals surface area contributed by atoms with Crippen molar-refractivity contribution in [2.45, 2.75) is 48.6 Å². The monoisotopic (exact) mass is 477 g/mol. The lowest BCUT2D eigenvalue weighted by atomic mass is 9.67. The maximum atomic E-state index is 12.8. The van der Waals surface area contributed by atoms with Crippen LogP contribution in [0, 0.1) is 17.8 Å². The van der Waals surface area contributed by atoms with Crippen LogP contribution in [0.15, 0.2) is 30.3 Å². The lowest BCUT2D eigenvalue weighted by Crippen LogP contribution is -2.48. The van der Waals surface area contributed by atoms with Gasteiger partial charge in [0, 0.05) is 17.9 Å². The Labute approximate surface area is 197 Å². The molecule has 3 aliphatic rings. The Morgan fingerprint density at radius 3 is 2.38 bits per heavy atom. The van der Waals surface area contributed by atoms with Crippen molar-refractivity contribution in [3.63, 3.8) is 0 Å². The van der Waals surface area contributed by atoms with E-state index in [-0.39, 0.29) is 18.5 Å². The van der Waals surface area contributed by atoms with E-state index in [4.69, 9.17) is 9.47 Å². The molecule has 0 radical (unpaired) electrons. The molecule has 2 saturated carbocycles. The second-order valence-electron chi connectivity index (χ2n) is 8.85. The number of hydrogen-bond acceptors (Lipinski definition) is 7. The molecule has 1 amide bonds. The number of thioether (sulfide) groups is 2. The van der Waals surface area contributed by atoms with Gasteiger partial charge in [0.1, 0.15) is 6.04 Å². The number of benzene rings is 1. The van der Waals surface area contributed by atoms with Crippen molar-refractivity contribution in [2.24, 2.45) is 17.8 Å². The summed E-state index contributed by atoms with van der Waals surface area (Å²) in [4.78, 5) is 37.4. The van der Waals surface area contributed by atoms with Crippen molar-refractivity contribution < 1.29 is 23.9 Å². The van der Waals surface area contributed by atoms with Gasteiger partial charge in [-0.05, 0) is 43.1 Å². The number of rotatable bonds is 7. The van der Waals surface area contributed by atoms with Gasteiger partial charge in [-0.3, -0.25) is 9.59 Å². The minimum absolute atomic E-state index is 0.133. The molecule has 0 aromatic heterocycles. The standard InChI is InChI=1S/C24H31NO5S2/c1-29-23(28)20(12-16-6-3-2-4-7-16)25-21(26)15-30-22(27)17-13-18-8-5-9-19(14-17)24(18)31-10-11-32-24/h2-4,6-7,17-20H,5,8-15H2,1H3,(H,25,26). The minimum atomic E-state index is -0.820. The number of ether oxygens (including phenoxy) is 2. The highest BCUT2D eigenvalue weighted by Crippen LogP contribution is 2.64. The second kappa shape index (κ2) is 10.5. The maximum Gasteiger partial charge on any atom is 0.328 e. The summed E-state index contributed by atoms with van der Waals surface area (Å²) >= 11 is 4.21. The zero-order valence-corrected chi connectivity index (χ0v) is 20.1. The van der Waals surface area contributed by atoms with E-state index in [1.54, 1.807) is 0 Å². The Morgan fingerprint density at radius 2 is 1.75 bits per heavy atom. The molecule has 8 heteroatoms. The van der Waals surface area contributed by atoms with Crippen LogP contribution in [0.25, 0.3) is 0 Å². The quantitative estimate of drug-likeness (QED) is 0.603. The van der Waals surface area contributed by atoms with Crippen molar-refractivity contribution in [3.8, 4) is 0 Å². The Kier molecular flexibility index (Phi) is 7.71. The van der Waals surface area contributed by atoms with Crippen LogP contribution in [0.3, 0.4) is 0 Å². The molecule has 3 atom stereocenters. The molecule has 4 rings (SSSR count). The van der Waals surface area contributed by atoms with E-state index in [1.807, 2.05) is 30.3 Å². The molecular weight excluding hydrogens is 446 g/mol. The topological polar surface area (TPSA) is 81.7 Å². The zero-order chi connectivity index (χ0) is 22.6. The van der Waals surface area contributed by atoms with Crippen LogP contribution >= 0.6 is 23.5 Å². The molecule has 1 aliphatic heterocycles. The Bertz CT molecular complexity index is 811. The molecule has 1 aromatic rings. The van der Waals surface area contributed by atoms with E-state index in [9.17, 15) is 14.4 Å². The third-order valence-electron chi connectivity index (χ3n) is 6.90. The number of carbonyl (C=O) groups excluding carboxylic acids is 3. The highest BCUT2D eigenvalue weighted by atomic mass is 32.2. The third kappa shape index (κ3) is 5.11. The van der Waals surface area contributed by atoms with Gasteiger partial charge in [0.15, 0.2) is 6.61 Å². The summed E-state index contributed by atoms with van der Waals surface area (Å²) in [6.45, 7) is -0.373. The lowest BCUT2D eigenvalue weighted by Gasteiger charge is -2.51. The summed E-state index contributed by atoms with van der Waals surface area (Å²) in [5.41, 5.74) is 0.908. The van der Waals surface area contributed by atoms with Gasteiger partial charge in [-0.1, -0.05) is 36.8 Å². The molecule has 1 saturated heterocycles. The molecule has 174 valence electrons. The predicted octanol–water partition coefficient (Wildman–Crippen LogP) is 3.43. The van der Waals surface area contributed by atoms with Crippen LogP contribution in [0.2, 0.25) is 0 Å². The van der Waals surface area contributed by atoms with Crippen LogP contribution in [0.5, 0.6) is 0 Å². The minimum Gasteiger partial charge on any atom is -0.467 e. The Hall–Kier alpha value is -1.67. The summed E-state index contributed by atoms with van der Waals surface area (Å²) in [6, 6.07) is 8.59. The van der Waals surface area contributed by atoms with Crippen LogP contribution in [0.4, 0.5) is 0 Å². The predicted molar refractivity (Wildman–Crippen MR) is 126 cm³/mol. The van der Waals surface area contributed by atoms with Crippen LogP contribution < -0.4 is 5.32 Å². The van der Waals surface area contributed by atoms with Gasteiger partial charge in [0.05, 0.1) is 17.1 Å². The fraction of sp³-hybridized carbons (Fsp3) is 0.625. The number of esters is 2. The van der Waals surface area contributed by atoms with Gasteiger partial charge in [-0.2, -0.15) is 0 Å². The van der Waals surface area contributed by atoms with E-state index in [2.05, 4.69) is 28.8 Å². The SMILES string of the molecule is COC(=O)C(Cc1ccccc1)NC(=O)COC(=O)C1CC2CCCC(C1)C21SCCS1. The molecule has 1 spiro atoms. The molecule has 2 aliphatic carbocycles. The molecule has 6 nitrogen and oxygen atoms in total. The summed E-state index contributed by atoms with van der Waals surface area (Å²) < 4.78 is 10.5. The fourth-order valence-corrected chi connectivity index (χ4v) is 9.41. The van der Waals surface area contributed by atoms with Gasteiger partial charge in [0.25, 0.3) is 5.91 Å². The van der Waals surface area contributed by atoms with Crippen molar-refractivity contribution in [1.82, 2.24) is 5.32 Å². The molecule has 1 heterocycles. The van der Waals surface area contributed by atoms with E-state index >= 15 is 0 Å². The van der Waals surface area contributed by atoms with Gasteiger partial charge >= 0.3 is 11.9 Å². The summed E-state index contributed by atoms with van der Waals surface area (Å²) in [5.74, 6) is 2.09. The largest absolute Gasteiger partial charge is 0.467 e. The Morgan fingerprint density at radius 1 is 1.09 bits per heavy atom. The van der Waals surface area contributed by atoms with Crippen molar-refractivity contribution in [2.75, 3.05) is 25.2 Å². The van der Waals surface area contributed by atoms with Crippen molar-refractivity contribution >= 4 is 41.4 Å². The molecule has 3 unspecified atom stereocenters. The van der Waals surface area contributed by atoms with Crippen molar-refractivity contribution in [1.29, 1.82) is 0 Å². The number of methoxy groups -OCH3 is 1. The highest BCUT2D eigenvalue weighted by molar-refractivity contribution is 8.21. The molecule has 3 fully saturated rings. The van der Waals surface area contributed by atoms with Crippen molar-refractivity contribution in [3.05, 3.63) is 35.9 Å². The zero-order valence-electron chi connectivity index (χ0n) is 18.4. The number of amides is 1. The van der Waals surface area contributed by atoms with E-state index < -0.39 is 17.9 Å². The van der Waals surface area contributed by atoms with E-state index in [0.29, 0.717) is 22.3 Å². The third-order valence-corrected chi connectivity index (χ3v) is 10.9. The summed E-state index contributed by atoms with van der Waals surface area (Å²) in [6.07, 6.45) is 5.64. The fourth-order valence-electron chi connectivity index (χ4n) is 5.48.